The van der Waals surface area contributed by atoms with Gasteiger partial charge < -0.3 is 15.4 Å². The minimum absolute atomic E-state index is 0.261. The van der Waals surface area contributed by atoms with Crippen molar-refractivity contribution in [2.45, 2.75) is 20.8 Å². The molecule has 0 atom stereocenters. The van der Waals surface area contributed by atoms with Gasteiger partial charge in [0.15, 0.2) is 0 Å². The molecule has 2 aromatic rings. The summed E-state index contributed by atoms with van der Waals surface area (Å²) in [5.74, 6) is -0.488. The molecular weight excluding hydrogens is 328 g/mol. The molecule has 126 valence electrons. The normalized spacial score (nSPS) is 10.2. The predicted molar refractivity (Wildman–Crippen MR) is 96.0 cm³/mol. The van der Waals surface area contributed by atoms with E-state index in [0.717, 1.165) is 11.1 Å². The van der Waals surface area contributed by atoms with Crippen LogP contribution in [0.4, 0.5) is 16.2 Å². The van der Waals surface area contributed by atoms with Crippen LogP contribution in [0.15, 0.2) is 36.4 Å². The molecule has 0 saturated heterocycles. The van der Waals surface area contributed by atoms with Crippen LogP contribution in [-0.2, 0) is 4.74 Å². The Balaban J connectivity index is 2.18. The molecule has 2 N–H and O–H groups in total. The molecule has 0 spiro atoms. The lowest BCUT2D eigenvalue weighted by Gasteiger charge is -2.14. The number of esters is 1. The fourth-order valence-corrected chi connectivity index (χ4v) is 2.69. The second kappa shape index (κ2) is 7.84. The number of urea groups is 1. The molecule has 0 aliphatic carbocycles. The van der Waals surface area contributed by atoms with Gasteiger partial charge in [0.1, 0.15) is 0 Å². The Morgan fingerprint density at radius 1 is 1.12 bits per heavy atom. The number of rotatable bonds is 4. The molecule has 0 aliphatic heterocycles. The van der Waals surface area contributed by atoms with E-state index in [1.54, 1.807) is 37.3 Å². The summed E-state index contributed by atoms with van der Waals surface area (Å²) in [5, 5.41) is 5.84. The van der Waals surface area contributed by atoms with Crippen LogP contribution in [0.5, 0.6) is 0 Å². The Hall–Kier alpha value is -2.53. The highest BCUT2D eigenvalue weighted by Crippen LogP contribution is 2.27. The van der Waals surface area contributed by atoms with Crippen molar-refractivity contribution in [3.8, 4) is 0 Å². The predicted octanol–water partition coefficient (Wildman–Crippen LogP) is 4.78. The molecule has 2 aromatic carbocycles. The van der Waals surface area contributed by atoms with Gasteiger partial charge in [-0.3, -0.25) is 0 Å². The zero-order chi connectivity index (χ0) is 17.7. The van der Waals surface area contributed by atoms with Gasteiger partial charge in [-0.15, -0.1) is 0 Å². The first-order valence-electron chi connectivity index (χ1n) is 7.53. The summed E-state index contributed by atoms with van der Waals surface area (Å²) >= 11 is 6.19. The largest absolute Gasteiger partial charge is 0.462 e. The quantitative estimate of drug-likeness (QED) is 0.783. The number of para-hydroxylation sites is 1. The third-order valence-corrected chi connectivity index (χ3v) is 3.64. The number of halogens is 1. The van der Waals surface area contributed by atoms with E-state index in [9.17, 15) is 9.59 Å². The van der Waals surface area contributed by atoms with E-state index >= 15 is 0 Å². The van der Waals surface area contributed by atoms with Gasteiger partial charge in [-0.2, -0.15) is 0 Å². The van der Waals surface area contributed by atoms with E-state index in [2.05, 4.69) is 10.6 Å². The number of nitrogens with one attached hydrogen (secondary N) is 2. The van der Waals surface area contributed by atoms with Crippen LogP contribution < -0.4 is 10.6 Å². The fourth-order valence-electron chi connectivity index (χ4n) is 2.32. The Bertz CT molecular complexity index is 752. The Morgan fingerprint density at radius 3 is 2.50 bits per heavy atom. The molecule has 5 nitrogen and oxygen atoms in total. The highest BCUT2D eigenvalue weighted by molar-refractivity contribution is 6.34. The van der Waals surface area contributed by atoms with Crippen LogP contribution in [0.3, 0.4) is 0 Å². The van der Waals surface area contributed by atoms with Crippen LogP contribution in [0, 0.1) is 13.8 Å². The molecule has 0 heterocycles. The summed E-state index contributed by atoms with van der Waals surface area (Å²) in [4.78, 5) is 24.2. The van der Waals surface area contributed by atoms with Gasteiger partial charge in [0.2, 0.25) is 0 Å². The standard InChI is InChI=1S/C18H19ClN2O3/c1-4-24-17(22)13-7-5-6-8-15(13)20-18(23)21-16-12(3)9-11(2)10-14(16)19/h5-10H,4H2,1-3H3,(H2,20,21,23). The number of benzene rings is 2. The van der Waals surface area contributed by atoms with Gasteiger partial charge in [-0.25, -0.2) is 9.59 Å². The van der Waals surface area contributed by atoms with Gasteiger partial charge in [-0.1, -0.05) is 29.8 Å². The Kier molecular flexibility index (Phi) is 5.82. The topological polar surface area (TPSA) is 67.4 Å². The number of hydrogen-bond acceptors (Lipinski definition) is 3. The first-order chi connectivity index (χ1) is 11.4. The number of hydrogen-bond donors (Lipinski definition) is 2. The second-order valence-corrected chi connectivity index (χ2v) is 5.69. The molecule has 6 heteroatoms. The maximum atomic E-state index is 12.3. The molecule has 2 amide bonds. The SMILES string of the molecule is CCOC(=O)c1ccccc1NC(=O)Nc1c(C)cc(C)cc1Cl. The van der Waals surface area contributed by atoms with Crippen molar-refractivity contribution in [2.24, 2.45) is 0 Å². The second-order valence-electron chi connectivity index (χ2n) is 5.28. The van der Waals surface area contributed by atoms with E-state index in [1.165, 1.54) is 0 Å². The zero-order valence-corrected chi connectivity index (χ0v) is 14.5. The number of carbonyl (C=O) groups excluding carboxylic acids is 2. The van der Waals surface area contributed by atoms with Gasteiger partial charge in [0.05, 0.1) is 28.6 Å². The van der Waals surface area contributed by atoms with Crippen LogP contribution in [-0.4, -0.2) is 18.6 Å². The monoisotopic (exact) mass is 346 g/mol. The maximum absolute atomic E-state index is 12.3. The zero-order valence-electron chi connectivity index (χ0n) is 13.8. The summed E-state index contributed by atoms with van der Waals surface area (Å²) in [7, 11) is 0. The fraction of sp³-hybridized carbons (Fsp3) is 0.222. The van der Waals surface area contributed by atoms with Crippen molar-refractivity contribution < 1.29 is 14.3 Å². The van der Waals surface area contributed by atoms with E-state index in [-0.39, 0.29) is 6.61 Å². The molecule has 0 aliphatic rings. The third kappa shape index (κ3) is 4.26. The lowest BCUT2D eigenvalue weighted by atomic mass is 10.1. The number of ether oxygens (including phenoxy) is 1. The average molecular weight is 347 g/mol. The van der Waals surface area contributed by atoms with E-state index in [0.29, 0.717) is 22.0 Å². The van der Waals surface area contributed by atoms with Crippen molar-refractivity contribution in [3.63, 3.8) is 0 Å². The van der Waals surface area contributed by atoms with Gasteiger partial charge >= 0.3 is 12.0 Å². The smallest absolute Gasteiger partial charge is 0.340 e. The first-order valence-corrected chi connectivity index (χ1v) is 7.91. The molecular formula is C18H19ClN2O3. The van der Waals surface area contributed by atoms with E-state index in [4.69, 9.17) is 16.3 Å². The number of anilines is 2. The van der Waals surface area contributed by atoms with Crippen LogP contribution in [0.1, 0.15) is 28.4 Å². The molecule has 0 aromatic heterocycles. The van der Waals surface area contributed by atoms with E-state index in [1.807, 2.05) is 19.9 Å². The molecule has 0 unspecified atom stereocenters. The summed E-state index contributed by atoms with van der Waals surface area (Å²) < 4.78 is 4.99. The van der Waals surface area contributed by atoms with Crippen LogP contribution >= 0.6 is 11.6 Å². The number of carbonyl (C=O) groups is 2. The van der Waals surface area contributed by atoms with Crippen molar-refractivity contribution in [3.05, 3.63) is 58.1 Å². The van der Waals surface area contributed by atoms with Crippen molar-refractivity contribution in [1.29, 1.82) is 0 Å². The summed E-state index contributed by atoms with van der Waals surface area (Å²) in [6, 6.07) is 9.87. The van der Waals surface area contributed by atoms with Crippen LogP contribution in [0.2, 0.25) is 5.02 Å². The highest BCUT2D eigenvalue weighted by Gasteiger charge is 2.15. The maximum Gasteiger partial charge on any atom is 0.340 e. The molecule has 0 saturated carbocycles. The van der Waals surface area contributed by atoms with Crippen LogP contribution in [0.25, 0.3) is 0 Å². The van der Waals surface area contributed by atoms with Gasteiger partial charge in [0.25, 0.3) is 0 Å². The van der Waals surface area contributed by atoms with E-state index < -0.39 is 12.0 Å². The number of amides is 2. The lowest BCUT2D eigenvalue weighted by molar-refractivity contribution is 0.0527. The molecule has 24 heavy (non-hydrogen) atoms. The molecule has 0 fully saturated rings. The first kappa shape index (κ1) is 17.8. The minimum Gasteiger partial charge on any atom is -0.462 e. The third-order valence-electron chi connectivity index (χ3n) is 3.34. The summed E-state index contributed by atoms with van der Waals surface area (Å²) in [5.41, 5.74) is 3.06. The lowest BCUT2D eigenvalue weighted by Crippen LogP contribution is -2.22. The summed E-state index contributed by atoms with van der Waals surface area (Å²) in [6.07, 6.45) is 0. The minimum atomic E-state index is -0.488. The Morgan fingerprint density at radius 2 is 1.83 bits per heavy atom. The molecule has 0 bridgehead atoms. The van der Waals surface area contributed by atoms with Gasteiger partial charge in [0, 0.05) is 0 Å². The molecule has 0 radical (unpaired) electrons. The highest BCUT2D eigenvalue weighted by atomic mass is 35.5. The number of aryl methyl sites for hydroxylation is 2. The van der Waals surface area contributed by atoms with Gasteiger partial charge in [-0.05, 0) is 50.1 Å². The van der Waals surface area contributed by atoms with Crippen molar-refractivity contribution >= 4 is 35.0 Å². The van der Waals surface area contributed by atoms with Crippen molar-refractivity contribution in [1.82, 2.24) is 0 Å². The molecule has 2 rings (SSSR count). The van der Waals surface area contributed by atoms with Crippen molar-refractivity contribution in [2.75, 3.05) is 17.2 Å². The Labute approximate surface area is 146 Å². The summed E-state index contributed by atoms with van der Waals surface area (Å²) in [6.45, 7) is 5.78. The average Bonchev–Trinajstić information content (AvgIpc) is 2.51.